The molecule has 5 heteroatoms. The summed E-state index contributed by atoms with van der Waals surface area (Å²) in [6, 6.07) is 8.84. The van der Waals surface area contributed by atoms with Crippen molar-refractivity contribution in [2.45, 2.75) is 19.9 Å². The molecular weight excluding hydrogens is 266 g/mol. The summed E-state index contributed by atoms with van der Waals surface area (Å²) in [5, 5.41) is 2.72. The van der Waals surface area contributed by atoms with Gasteiger partial charge in [-0.25, -0.2) is 4.79 Å². The number of carbonyl (C=O) groups excluding carboxylic acids is 1. The number of rotatable bonds is 7. The van der Waals surface area contributed by atoms with Gasteiger partial charge in [0.25, 0.3) is 0 Å². The van der Waals surface area contributed by atoms with Crippen LogP contribution in [0.1, 0.15) is 25.5 Å². The Balaban J connectivity index is 2.67. The number of methoxy groups -OCH3 is 1. The number of benzene rings is 1. The predicted molar refractivity (Wildman–Crippen MR) is 86.8 cm³/mol. The number of hydrogen-bond acceptors (Lipinski definition) is 4. The van der Waals surface area contributed by atoms with Crippen LogP contribution in [0.5, 0.6) is 0 Å². The molecule has 0 heterocycles. The van der Waals surface area contributed by atoms with Crippen molar-refractivity contribution in [3.8, 4) is 0 Å². The van der Waals surface area contributed by atoms with Crippen LogP contribution in [-0.4, -0.2) is 51.8 Å². The molecule has 1 amide bonds. The summed E-state index contributed by atoms with van der Waals surface area (Å²) >= 11 is 0. The number of anilines is 1. The average molecular weight is 293 g/mol. The molecule has 0 fully saturated rings. The van der Waals surface area contributed by atoms with Gasteiger partial charge in [-0.05, 0) is 31.2 Å². The van der Waals surface area contributed by atoms with Crippen LogP contribution in [0.25, 0.3) is 0 Å². The number of likely N-dealkylation sites (N-methyl/N-ethyl adjacent to an activating group) is 1. The van der Waals surface area contributed by atoms with E-state index in [1.807, 2.05) is 14.1 Å². The van der Waals surface area contributed by atoms with Gasteiger partial charge in [0.15, 0.2) is 0 Å². The summed E-state index contributed by atoms with van der Waals surface area (Å²) in [7, 11) is 5.46. The molecule has 1 rings (SSSR count). The fraction of sp³-hybridized carbons (Fsp3) is 0.562. The number of nitrogens with one attached hydrogen (secondary N) is 1. The van der Waals surface area contributed by atoms with Gasteiger partial charge >= 0.3 is 6.09 Å². The lowest BCUT2D eigenvalue weighted by Gasteiger charge is -2.29. The molecule has 0 saturated heterocycles. The quantitative estimate of drug-likeness (QED) is 0.839. The van der Waals surface area contributed by atoms with Gasteiger partial charge in [-0.2, -0.15) is 0 Å². The fourth-order valence-corrected chi connectivity index (χ4v) is 2.27. The first kappa shape index (κ1) is 17.3. The van der Waals surface area contributed by atoms with E-state index < -0.39 is 0 Å². The first-order valence-electron chi connectivity index (χ1n) is 7.32. The molecule has 0 aliphatic heterocycles. The lowest BCUT2D eigenvalue weighted by Crippen LogP contribution is -2.36. The lowest BCUT2D eigenvalue weighted by molar-refractivity contribution is 0.165. The highest BCUT2D eigenvalue weighted by molar-refractivity contribution is 5.66. The summed E-state index contributed by atoms with van der Waals surface area (Å²) in [6.45, 7) is 6.62. The largest absolute Gasteiger partial charge is 0.453 e. The van der Waals surface area contributed by atoms with Gasteiger partial charge in [0, 0.05) is 38.9 Å². The van der Waals surface area contributed by atoms with Crippen LogP contribution < -0.4 is 10.2 Å². The molecule has 1 aromatic carbocycles. The molecule has 0 spiro atoms. The third-order valence-corrected chi connectivity index (χ3v) is 3.68. The van der Waals surface area contributed by atoms with Crippen LogP contribution in [0.4, 0.5) is 10.5 Å². The van der Waals surface area contributed by atoms with Gasteiger partial charge in [-0.15, -0.1) is 0 Å². The normalized spacial score (nSPS) is 12.1. The van der Waals surface area contributed by atoms with E-state index in [0.29, 0.717) is 12.6 Å². The maximum atomic E-state index is 11.1. The highest BCUT2D eigenvalue weighted by atomic mass is 16.5. The van der Waals surface area contributed by atoms with Crippen LogP contribution in [0, 0.1) is 0 Å². The Labute approximate surface area is 127 Å². The fourth-order valence-electron chi connectivity index (χ4n) is 2.27. The molecule has 0 bridgehead atoms. The van der Waals surface area contributed by atoms with Gasteiger partial charge in [0.05, 0.1) is 7.11 Å². The van der Waals surface area contributed by atoms with E-state index in [4.69, 9.17) is 0 Å². The van der Waals surface area contributed by atoms with Crippen molar-refractivity contribution >= 4 is 11.8 Å². The minimum Gasteiger partial charge on any atom is -0.453 e. The molecule has 1 atom stereocenters. The Morgan fingerprint density at radius 2 is 2.10 bits per heavy atom. The van der Waals surface area contributed by atoms with Gasteiger partial charge in [-0.1, -0.05) is 19.1 Å². The smallest absolute Gasteiger partial charge is 0.406 e. The van der Waals surface area contributed by atoms with E-state index in [2.05, 4.69) is 58.0 Å². The maximum Gasteiger partial charge on any atom is 0.406 e. The summed E-state index contributed by atoms with van der Waals surface area (Å²) in [6.07, 6.45) is -0.381. The molecule has 21 heavy (non-hydrogen) atoms. The van der Waals surface area contributed by atoms with Crippen LogP contribution >= 0.6 is 0 Å². The predicted octanol–water partition coefficient (Wildman–Crippen LogP) is 2.49. The Morgan fingerprint density at radius 1 is 1.38 bits per heavy atom. The van der Waals surface area contributed by atoms with Crippen LogP contribution in [0.2, 0.25) is 0 Å². The Bertz CT molecular complexity index is 449. The van der Waals surface area contributed by atoms with E-state index in [0.717, 1.165) is 13.1 Å². The second-order valence-corrected chi connectivity index (χ2v) is 5.21. The van der Waals surface area contributed by atoms with Gasteiger partial charge < -0.3 is 15.0 Å². The van der Waals surface area contributed by atoms with Crippen molar-refractivity contribution in [2.24, 2.45) is 0 Å². The summed E-state index contributed by atoms with van der Waals surface area (Å²) < 4.78 is 4.58. The van der Waals surface area contributed by atoms with Crippen molar-refractivity contribution in [3.63, 3.8) is 0 Å². The number of hydrogen-bond donors (Lipinski definition) is 1. The van der Waals surface area contributed by atoms with Crippen LogP contribution in [0.15, 0.2) is 24.3 Å². The molecule has 1 unspecified atom stereocenters. The van der Waals surface area contributed by atoms with Crippen molar-refractivity contribution in [1.29, 1.82) is 0 Å². The Hall–Kier alpha value is -1.75. The van der Waals surface area contributed by atoms with Crippen LogP contribution in [0.3, 0.4) is 0 Å². The first-order chi connectivity index (χ1) is 9.99. The minimum absolute atomic E-state index is 0.300. The van der Waals surface area contributed by atoms with Gasteiger partial charge in [-0.3, -0.25) is 4.90 Å². The number of carbonyl (C=O) groups is 1. The lowest BCUT2D eigenvalue weighted by atomic mass is 10.1. The third-order valence-electron chi connectivity index (χ3n) is 3.68. The molecule has 5 nitrogen and oxygen atoms in total. The molecule has 0 saturated carbocycles. The monoisotopic (exact) mass is 293 g/mol. The maximum absolute atomic E-state index is 11.1. The minimum atomic E-state index is -0.381. The zero-order valence-electron chi connectivity index (χ0n) is 13.7. The van der Waals surface area contributed by atoms with Gasteiger partial charge in [0.2, 0.25) is 0 Å². The summed E-state index contributed by atoms with van der Waals surface area (Å²) in [5.41, 5.74) is 2.48. The van der Waals surface area contributed by atoms with Crippen molar-refractivity contribution in [3.05, 3.63) is 29.8 Å². The van der Waals surface area contributed by atoms with E-state index >= 15 is 0 Å². The number of alkyl carbamates (subject to hydrolysis) is 1. The topological polar surface area (TPSA) is 44.8 Å². The van der Waals surface area contributed by atoms with Crippen LogP contribution in [-0.2, 0) is 4.74 Å². The SMILES string of the molecule is CCN(CCNC(=O)OC)C(C)c1cccc(N(C)C)c1. The van der Waals surface area contributed by atoms with E-state index in [1.165, 1.54) is 18.4 Å². The number of amides is 1. The first-order valence-corrected chi connectivity index (χ1v) is 7.32. The molecular formula is C16H27N3O2. The second kappa shape index (κ2) is 8.52. The summed E-state index contributed by atoms with van der Waals surface area (Å²) in [4.78, 5) is 15.5. The molecule has 0 aliphatic rings. The second-order valence-electron chi connectivity index (χ2n) is 5.21. The molecule has 118 valence electrons. The highest BCUT2D eigenvalue weighted by Crippen LogP contribution is 2.23. The third kappa shape index (κ3) is 5.27. The molecule has 0 radical (unpaired) electrons. The van der Waals surface area contributed by atoms with E-state index in [9.17, 15) is 4.79 Å². The highest BCUT2D eigenvalue weighted by Gasteiger charge is 2.14. The average Bonchev–Trinajstić information content (AvgIpc) is 2.50. The number of nitrogens with zero attached hydrogens (tertiary/aromatic N) is 2. The Morgan fingerprint density at radius 3 is 2.67 bits per heavy atom. The van der Waals surface area contributed by atoms with Crippen molar-refractivity contribution in [2.75, 3.05) is 45.7 Å². The standard InChI is InChI=1S/C16H27N3O2/c1-6-19(11-10-17-16(20)21-5)13(2)14-8-7-9-15(12-14)18(3)4/h7-9,12-13H,6,10-11H2,1-5H3,(H,17,20). The number of ether oxygens (including phenoxy) is 1. The molecule has 1 N–H and O–H groups in total. The zero-order valence-corrected chi connectivity index (χ0v) is 13.7. The Kier molecular flexibility index (Phi) is 7.02. The van der Waals surface area contributed by atoms with Gasteiger partial charge in [0.1, 0.15) is 0 Å². The van der Waals surface area contributed by atoms with E-state index in [1.54, 1.807) is 0 Å². The van der Waals surface area contributed by atoms with Crippen molar-refractivity contribution in [1.82, 2.24) is 10.2 Å². The van der Waals surface area contributed by atoms with E-state index in [-0.39, 0.29) is 6.09 Å². The zero-order chi connectivity index (χ0) is 15.8. The molecule has 0 aromatic heterocycles. The molecule has 1 aromatic rings. The van der Waals surface area contributed by atoms with Crippen molar-refractivity contribution < 1.29 is 9.53 Å². The molecule has 0 aliphatic carbocycles. The summed E-state index contributed by atoms with van der Waals surface area (Å²) in [5.74, 6) is 0.